The molecule has 0 fully saturated rings. The van der Waals surface area contributed by atoms with E-state index in [2.05, 4.69) is 10.4 Å². The molecule has 3 nitrogen and oxygen atoms in total. The van der Waals surface area contributed by atoms with Crippen LogP contribution < -0.4 is 11.3 Å². The van der Waals surface area contributed by atoms with Crippen LogP contribution in [0.4, 0.5) is 14.5 Å². The maximum atomic E-state index is 12.7. The highest BCUT2D eigenvalue weighted by molar-refractivity contribution is 5.95. The highest BCUT2D eigenvalue weighted by Gasteiger charge is 2.15. The first-order valence-electron chi connectivity index (χ1n) is 5.20. The summed E-state index contributed by atoms with van der Waals surface area (Å²) in [4.78, 5) is 4.00. The van der Waals surface area contributed by atoms with Crippen LogP contribution in [0, 0.1) is 13.8 Å². The van der Waals surface area contributed by atoms with Crippen molar-refractivity contribution in [2.45, 2.75) is 20.3 Å². The molecule has 0 saturated carbocycles. The van der Waals surface area contributed by atoms with Crippen LogP contribution in [-0.4, -0.2) is 4.98 Å². The second-order valence-electron chi connectivity index (χ2n) is 3.96. The third kappa shape index (κ3) is 1.93. The quantitative estimate of drug-likeness (QED) is 0.623. The molecule has 17 heavy (non-hydrogen) atoms. The van der Waals surface area contributed by atoms with E-state index in [1.807, 2.05) is 26.0 Å². The van der Waals surface area contributed by atoms with Crippen LogP contribution in [0.15, 0.2) is 18.2 Å². The number of halogens is 2. The van der Waals surface area contributed by atoms with E-state index in [0.29, 0.717) is 11.2 Å². The van der Waals surface area contributed by atoms with Crippen molar-refractivity contribution in [1.82, 2.24) is 4.98 Å². The lowest BCUT2D eigenvalue weighted by atomic mass is 10.0. The van der Waals surface area contributed by atoms with Crippen LogP contribution in [0.5, 0.6) is 0 Å². The lowest BCUT2D eigenvalue weighted by Crippen LogP contribution is -2.09. The van der Waals surface area contributed by atoms with Gasteiger partial charge in [-0.2, -0.15) is 0 Å². The highest BCUT2D eigenvalue weighted by atomic mass is 19.3. The number of hydrogen-bond donors (Lipinski definition) is 2. The number of hydrazine groups is 1. The number of nitrogens with zero attached hydrogens (tertiary/aromatic N) is 1. The van der Waals surface area contributed by atoms with Gasteiger partial charge in [0.25, 0.3) is 6.43 Å². The zero-order valence-corrected chi connectivity index (χ0v) is 9.59. The van der Waals surface area contributed by atoms with Crippen molar-refractivity contribution in [2.24, 2.45) is 5.84 Å². The molecule has 5 heteroatoms. The van der Waals surface area contributed by atoms with Gasteiger partial charge in [0.15, 0.2) is 0 Å². The standard InChI is InChI=1S/C12H13F2N3/c1-6-3-4-7(2)11-10(6)8(17-15)5-9(16-11)12(13)14/h3-5,12H,15H2,1-2H3,(H,16,17). The molecule has 1 aromatic carbocycles. The smallest absolute Gasteiger partial charge is 0.280 e. The molecule has 0 aliphatic rings. The number of hydrogen-bond acceptors (Lipinski definition) is 3. The van der Waals surface area contributed by atoms with Gasteiger partial charge in [0.05, 0.1) is 11.2 Å². The van der Waals surface area contributed by atoms with Gasteiger partial charge in [-0.05, 0) is 31.0 Å². The summed E-state index contributed by atoms with van der Waals surface area (Å²) in [5.41, 5.74) is 5.04. The summed E-state index contributed by atoms with van der Waals surface area (Å²) in [6, 6.07) is 5.07. The van der Waals surface area contributed by atoms with Gasteiger partial charge in [0.2, 0.25) is 0 Å². The maximum Gasteiger partial charge on any atom is 0.280 e. The summed E-state index contributed by atoms with van der Waals surface area (Å²) >= 11 is 0. The highest BCUT2D eigenvalue weighted by Crippen LogP contribution is 2.31. The zero-order valence-electron chi connectivity index (χ0n) is 9.59. The average Bonchev–Trinajstić information content (AvgIpc) is 2.32. The first-order valence-corrected chi connectivity index (χ1v) is 5.20. The molecular weight excluding hydrogens is 224 g/mol. The van der Waals surface area contributed by atoms with Crippen molar-refractivity contribution in [3.63, 3.8) is 0 Å². The fourth-order valence-electron chi connectivity index (χ4n) is 1.89. The third-order valence-corrected chi connectivity index (χ3v) is 2.77. The molecule has 0 bridgehead atoms. The second kappa shape index (κ2) is 4.25. The van der Waals surface area contributed by atoms with Gasteiger partial charge >= 0.3 is 0 Å². The van der Waals surface area contributed by atoms with Gasteiger partial charge < -0.3 is 5.43 Å². The Hall–Kier alpha value is -1.75. The number of benzene rings is 1. The Balaban J connectivity index is 2.87. The molecule has 2 aromatic rings. The molecule has 0 atom stereocenters. The Morgan fingerprint density at radius 3 is 2.47 bits per heavy atom. The summed E-state index contributed by atoms with van der Waals surface area (Å²) in [5, 5.41) is 0.789. The molecule has 0 aliphatic carbocycles. The van der Waals surface area contributed by atoms with Crippen LogP contribution in [0.3, 0.4) is 0 Å². The van der Waals surface area contributed by atoms with Crippen molar-refractivity contribution >= 4 is 16.6 Å². The van der Waals surface area contributed by atoms with Gasteiger partial charge in [0.1, 0.15) is 5.69 Å². The summed E-state index contributed by atoms with van der Waals surface area (Å²) in [5.74, 6) is 5.38. The molecule has 0 saturated heterocycles. The number of alkyl halides is 2. The van der Waals surface area contributed by atoms with E-state index in [4.69, 9.17) is 5.84 Å². The fourth-order valence-corrected chi connectivity index (χ4v) is 1.89. The van der Waals surface area contributed by atoms with Crippen LogP contribution in [0.25, 0.3) is 10.9 Å². The zero-order chi connectivity index (χ0) is 12.6. The molecule has 0 amide bonds. The molecule has 1 heterocycles. The Kier molecular flexibility index (Phi) is 2.93. The van der Waals surface area contributed by atoms with Crippen LogP contribution in [-0.2, 0) is 0 Å². The first kappa shape index (κ1) is 11.7. The number of anilines is 1. The van der Waals surface area contributed by atoms with E-state index in [9.17, 15) is 8.78 Å². The molecule has 0 unspecified atom stereocenters. The molecule has 0 aliphatic heterocycles. The van der Waals surface area contributed by atoms with E-state index in [-0.39, 0.29) is 5.69 Å². The summed E-state index contributed by atoms with van der Waals surface area (Å²) < 4.78 is 25.4. The number of nitrogens with two attached hydrogens (primary N) is 1. The van der Waals surface area contributed by atoms with E-state index in [1.165, 1.54) is 6.07 Å². The fraction of sp³-hybridized carbons (Fsp3) is 0.250. The number of aryl methyl sites for hydroxylation is 2. The maximum absolute atomic E-state index is 12.7. The molecule has 3 N–H and O–H groups in total. The number of rotatable bonds is 2. The number of pyridine rings is 1. The lowest BCUT2D eigenvalue weighted by molar-refractivity contribution is 0.146. The van der Waals surface area contributed by atoms with Gasteiger partial charge in [-0.3, -0.25) is 5.84 Å². The van der Waals surface area contributed by atoms with Gasteiger partial charge in [-0.1, -0.05) is 12.1 Å². The minimum Gasteiger partial charge on any atom is -0.323 e. The predicted molar refractivity (Wildman–Crippen MR) is 64.0 cm³/mol. The number of aromatic nitrogens is 1. The van der Waals surface area contributed by atoms with Crippen molar-refractivity contribution in [3.8, 4) is 0 Å². The first-order chi connectivity index (χ1) is 8.04. The molecular formula is C12H13F2N3. The Bertz CT molecular complexity index is 567. The number of nitrogens with one attached hydrogen (secondary N) is 1. The largest absolute Gasteiger partial charge is 0.323 e. The summed E-state index contributed by atoms with van der Waals surface area (Å²) in [6.07, 6.45) is -2.61. The Labute approximate surface area is 97.6 Å². The van der Waals surface area contributed by atoms with E-state index in [1.54, 1.807) is 0 Å². The normalized spacial score (nSPS) is 11.2. The lowest BCUT2D eigenvalue weighted by Gasteiger charge is -2.12. The summed E-state index contributed by atoms with van der Waals surface area (Å²) in [6.45, 7) is 3.73. The topological polar surface area (TPSA) is 50.9 Å². The van der Waals surface area contributed by atoms with Gasteiger partial charge in [-0.25, -0.2) is 13.8 Å². The van der Waals surface area contributed by atoms with Crippen molar-refractivity contribution < 1.29 is 8.78 Å². The SMILES string of the molecule is Cc1ccc(C)c2c(NN)cc(C(F)F)nc12. The van der Waals surface area contributed by atoms with Gasteiger partial charge in [0, 0.05) is 5.39 Å². The second-order valence-corrected chi connectivity index (χ2v) is 3.96. The van der Waals surface area contributed by atoms with Crippen molar-refractivity contribution in [2.75, 3.05) is 5.43 Å². The van der Waals surface area contributed by atoms with Gasteiger partial charge in [-0.15, -0.1) is 0 Å². The van der Waals surface area contributed by atoms with E-state index >= 15 is 0 Å². The minimum absolute atomic E-state index is 0.265. The predicted octanol–water partition coefficient (Wildman–Crippen LogP) is 3.07. The molecule has 0 radical (unpaired) electrons. The van der Waals surface area contributed by atoms with E-state index in [0.717, 1.165) is 16.5 Å². The monoisotopic (exact) mass is 237 g/mol. The minimum atomic E-state index is -2.61. The molecule has 2 rings (SSSR count). The van der Waals surface area contributed by atoms with Crippen LogP contribution in [0.2, 0.25) is 0 Å². The Morgan fingerprint density at radius 1 is 1.24 bits per heavy atom. The van der Waals surface area contributed by atoms with Crippen molar-refractivity contribution in [3.05, 3.63) is 35.0 Å². The molecule has 90 valence electrons. The Morgan fingerprint density at radius 2 is 1.88 bits per heavy atom. The summed E-state index contributed by atoms with van der Waals surface area (Å²) in [7, 11) is 0. The average molecular weight is 237 g/mol. The third-order valence-electron chi connectivity index (χ3n) is 2.77. The molecule has 1 aromatic heterocycles. The molecule has 0 spiro atoms. The van der Waals surface area contributed by atoms with Crippen LogP contribution >= 0.6 is 0 Å². The number of nitrogen functional groups attached to an aromatic ring is 1. The van der Waals surface area contributed by atoms with E-state index < -0.39 is 6.43 Å². The number of fused-ring (bicyclic) bond motifs is 1. The van der Waals surface area contributed by atoms with Crippen LogP contribution in [0.1, 0.15) is 23.2 Å². The van der Waals surface area contributed by atoms with Crippen molar-refractivity contribution in [1.29, 1.82) is 0 Å².